The summed E-state index contributed by atoms with van der Waals surface area (Å²) in [5.41, 5.74) is 2.20. The van der Waals surface area contributed by atoms with E-state index in [4.69, 9.17) is 0 Å². The van der Waals surface area contributed by atoms with E-state index in [9.17, 15) is 8.42 Å². The smallest absolute Gasteiger partial charge is 0.229 e. The van der Waals surface area contributed by atoms with Crippen LogP contribution in [0.1, 0.15) is 5.56 Å². The van der Waals surface area contributed by atoms with Crippen molar-refractivity contribution in [1.29, 1.82) is 0 Å². The van der Waals surface area contributed by atoms with Crippen LogP contribution in [-0.2, 0) is 29.2 Å². The first-order valence-electron chi connectivity index (χ1n) is 8.62. The molecule has 0 bridgehead atoms. The van der Waals surface area contributed by atoms with Crippen LogP contribution in [0, 0.1) is 0 Å². The molecule has 4 aromatic rings. The lowest BCUT2D eigenvalue weighted by atomic mass is 10.2. The molecule has 4 rings (SSSR count). The van der Waals surface area contributed by atoms with E-state index in [0.29, 0.717) is 23.0 Å². The Balaban J connectivity index is 1.65. The molecule has 0 N–H and O–H groups in total. The third kappa shape index (κ3) is 3.78. The Hall–Kier alpha value is -2.72. The SMILES string of the molecule is Cn1nnnc1SCCn1c(S(=O)(=O)Cc2ccccc2)nc2ccccc21. The maximum Gasteiger partial charge on any atom is 0.229 e. The van der Waals surface area contributed by atoms with Gasteiger partial charge >= 0.3 is 0 Å². The molecule has 8 nitrogen and oxygen atoms in total. The van der Waals surface area contributed by atoms with Gasteiger partial charge in [0.05, 0.1) is 16.8 Å². The second kappa shape index (κ2) is 7.72. The van der Waals surface area contributed by atoms with E-state index in [0.717, 1.165) is 11.1 Å². The summed E-state index contributed by atoms with van der Waals surface area (Å²) in [6.45, 7) is 0.474. The molecule has 0 saturated heterocycles. The van der Waals surface area contributed by atoms with Crippen LogP contribution >= 0.6 is 11.8 Å². The van der Waals surface area contributed by atoms with Crippen LogP contribution < -0.4 is 0 Å². The number of nitrogens with zero attached hydrogens (tertiary/aromatic N) is 6. The minimum absolute atomic E-state index is 0.0858. The number of hydrogen-bond acceptors (Lipinski definition) is 7. The summed E-state index contributed by atoms with van der Waals surface area (Å²) in [5.74, 6) is 0.528. The van der Waals surface area contributed by atoms with Gasteiger partial charge in [-0.25, -0.2) is 18.1 Å². The topological polar surface area (TPSA) is 95.6 Å². The quantitative estimate of drug-likeness (QED) is 0.428. The zero-order valence-corrected chi connectivity index (χ0v) is 16.8. The van der Waals surface area contributed by atoms with Crippen molar-refractivity contribution in [3.8, 4) is 0 Å². The van der Waals surface area contributed by atoms with Crippen LogP contribution in [0.2, 0.25) is 0 Å². The molecule has 2 heterocycles. The van der Waals surface area contributed by atoms with Crippen LogP contribution in [0.25, 0.3) is 11.0 Å². The normalized spacial score (nSPS) is 11.9. The van der Waals surface area contributed by atoms with Crippen molar-refractivity contribution in [2.45, 2.75) is 22.6 Å². The van der Waals surface area contributed by atoms with Gasteiger partial charge in [-0.1, -0.05) is 54.2 Å². The molecule has 0 unspecified atom stereocenters. The van der Waals surface area contributed by atoms with Gasteiger partial charge < -0.3 is 4.57 Å². The van der Waals surface area contributed by atoms with E-state index in [1.165, 1.54) is 11.8 Å². The number of aromatic nitrogens is 6. The van der Waals surface area contributed by atoms with Gasteiger partial charge in [0.2, 0.25) is 20.2 Å². The van der Waals surface area contributed by atoms with E-state index < -0.39 is 9.84 Å². The third-order valence-electron chi connectivity index (χ3n) is 4.22. The number of sulfone groups is 1. The lowest BCUT2D eigenvalue weighted by molar-refractivity contribution is 0.572. The number of imidazole rings is 1. The highest BCUT2D eigenvalue weighted by atomic mass is 32.2. The fourth-order valence-electron chi connectivity index (χ4n) is 2.94. The molecule has 0 radical (unpaired) electrons. The monoisotopic (exact) mass is 414 g/mol. The van der Waals surface area contributed by atoms with Gasteiger partial charge in [-0.05, 0) is 28.1 Å². The fraction of sp³-hybridized carbons (Fsp3) is 0.222. The first kappa shape index (κ1) is 18.6. The Morgan fingerprint density at radius 3 is 2.54 bits per heavy atom. The summed E-state index contributed by atoms with van der Waals surface area (Å²) in [4.78, 5) is 4.43. The van der Waals surface area contributed by atoms with Crippen molar-refractivity contribution in [1.82, 2.24) is 29.8 Å². The second-order valence-corrected chi connectivity index (χ2v) is 9.16. The first-order valence-corrected chi connectivity index (χ1v) is 11.3. The van der Waals surface area contributed by atoms with Crippen LogP contribution in [0.4, 0.5) is 0 Å². The molecule has 0 aliphatic heterocycles. The van der Waals surface area contributed by atoms with Crippen molar-refractivity contribution in [2.24, 2.45) is 7.05 Å². The average molecular weight is 415 g/mol. The number of benzene rings is 2. The summed E-state index contributed by atoms with van der Waals surface area (Å²) in [6.07, 6.45) is 0. The molecule has 10 heteroatoms. The number of hydrogen-bond donors (Lipinski definition) is 0. The van der Waals surface area contributed by atoms with Crippen molar-refractivity contribution >= 4 is 32.6 Å². The van der Waals surface area contributed by atoms with Crippen LogP contribution in [0.15, 0.2) is 64.9 Å². The maximum absolute atomic E-state index is 13.1. The fourth-order valence-corrected chi connectivity index (χ4v) is 5.23. The van der Waals surface area contributed by atoms with E-state index in [1.807, 2.05) is 54.6 Å². The molecule has 0 aliphatic rings. The van der Waals surface area contributed by atoms with Crippen molar-refractivity contribution < 1.29 is 8.42 Å². The number of rotatable bonds is 7. The summed E-state index contributed by atoms with van der Waals surface area (Å²) in [5, 5.41) is 12.1. The zero-order valence-electron chi connectivity index (χ0n) is 15.1. The minimum atomic E-state index is -3.60. The molecule has 0 amide bonds. The lowest BCUT2D eigenvalue weighted by Crippen LogP contribution is -2.14. The molecule has 0 saturated carbocycles. The summed E-state index contributed by atoms with van der Waals surface area (Å²) < 4.78 is 29.6. The molecule has 0 aliphatic carbocycles. The van der Waals surface area contributed by atoms with E-state index in [1.54, 1.807) is 16.3 Å². The van der Waals surface area contributed by atoms with E-state index in [-0.39, 0.29) is 10.9 Å². The molecule has 28 heavy (non-hydrogen) atoms. The Kier molecular flexibility index (Phi) is 5.14. The molecule has 0 atom stereocenters. The number of thioether (sulfide) groups is 1. The van der Waals surface area contributed by atoms with Crippen LogP contribution in [0.3, 0.4) is 0 Å². The molecule has 0 spiro atoms. The number of para-hydroxylation sites is 2. The van der Waals surface area contributed by atoms with Gasteiger partial charge in [-0.3, -0.25) is 0 Å². The van der Waals surface area contributed by atoms with Gasteiger partial charge in [0.15, 0.2) is 0 Å². The first-order chi connectivity index (χ1) is 13.5. The highest BCUT2D eigenvalue weighted by molar-refractivity contribution is 7.99. The Labute approximate surface area is 166 Å². The minimum Gasteiger partial charge on any atom is -0.314 e. The standard InChI is InChI=1S/C18H18N6O2S2/c1-23-17(20-21-22-23)27-12-11-24-16-10-6-5-9-15(16)19-18(24)28(25,26)13-14-7-3-2-4-8-14/h2-10H,11-13H2,1H3. The largest absolute Gasteiger partial charge is 0.314 e. The van der Waals surface area contributed by atoms with Gasteiger partial charge in [-0.15, -0.1) is 5.10 Å². The van der Waals surface area contributed by atoms with E-state index in [2.05, 4.69) is 20.5 Å². The van der Waals surface area contributed by atoms with Crippen LogP contribution in [-0.4, -0.2) is 43.9 Å². The van der Waals surface area contributed by atoms with Crippen molar-refractivity contribution in [3.05, 3.63) is 60.2 Å². The lowest BCUT2D eigenvalue weighted by Gasteiger charge is -2.09. The zero-order chi connectivity index (χ0) is 19.6. The maximum atomic E-state index is 13.1. The van der Waals surface area contributed by atoms with Crippen molar-refractivity contribution in [2.75, 3.05) is 5.75 Å². The third-order valence-corrected chi connectivity index (χ3v) is 6.80. The summed E-state index contributed by atoms with van der Waals surface area (Å²) in [6, 6.07) is 16.6. The Morgan fingerprint density at radius 2 is 1.79 bits per heavy atom. The highest BCUT2D eigenvalue weighted by Crippen LogP contribution is 2.24. The van der Waals surface area contributed by atoms with Crippen LogP contribution in [0.5, 0.6) is 0 Å². The van der Waals surface area contributed by atoms with Gasteiger partial charge in [0.25, 0.3) is 0 Å². The predicted molar refractivity (Wildman–Crippen MR) is 107 cm³/mol. The number of tetrazole rings is 1. The molecule has 2 aromatic carbocycles. The van der Waals surface area contributed by atoms with Gasteiger partial charge in [0.1, 0.15) is 0 Å². The molecule has 0 fully saturated rings. The predicted octanol–water partition coefficient (Wildman–Crippen LogP) is 2.33. The Bertz CT molecular complexity index is 1200. The number of fused-ring (bicyclic) bond motifs is 1. The highest BCUT2D eigenvalue weighted by Gasteiger charge is 2.24. The van der Waals surface area contributed by atoms with Gasteiger partial charge in [0, 0.05) is 19.3 Å². The Morgan fingerprint density at radius 1 is 1.04 bits per heavy atom. The summed E-state index contributed by atoms with van der Waals surface area (Å²) in [7, 11) is -1.83. The van der Waals surface area contributed by atoms with E-state index >= 15 is 0 Å². The van der Waals surface area contributed by atoms with Crippen molar-refractivity contribution in [3.63, 3.8) is 0 Å². The molecule has 144 valence electrons. The summed E-state index contributed by atoms with van der Waals surface area (Å²) >= 11 is 1.47. The average Bonchev–Trinajstić information content (AvgIpc) is 3.27. The number of aryl methyl sites for hydroxylation is 2. The van der Waals surface area contributed by atoms with Gasteiger partial charge in [-0.2, -0.15) is 0 Å². The molecular formula is C18H18N6O2S2. The molecule has 2 aromatic heterocycles. The second-order valence-electron chi connectivity index (χ2n) is 6.21. The molecular weight excluding hydrogens is 396 g/mol.